The lowest BCUT2D eigenvalue weighted by molar-refractivity contribution is 0.413. The van der Waals surface area contributed by atoms with E-state index in [0.29, 0.717) is 18.0 Å². The lowest BCUT2D eigenvalue weighted by Gasteiger charge is -2.09. The van der Waals surface area contributed by atoms with Crippen LogP contribution < -0.4 is 10.5 Å². The third kappa shape index (κ3) is 1.77. The molecule has 1 aromatic carbocycles. The summed E-state index contributed by atoms with van der Waals surface area (Å²) in [4.78, 5) is 3.94. The Morgan fingerprint density at radius 1 is 1.50 bits per heavy atom. The second kappa shape index (κ2) is 4.32. The number of ether oxygens (including phenoxy) is 1. The lowest BCUT2D eigenvalue weighted by Crippen LogP contribution is -2.06. The Labute approximate surface area is 92.5 Å². The Morgan fingerprint density at radius 3 is 3.00 bits per heavy atom. The fourth-order valence-corrected chi connectivity index (χ4v) is 1.49. The van der Waals surface area contributed by atoms with Gasteiger partial charge in [-0.15, -0.1) is 0 Å². The molecule has 2 aromatic rings. The molecule has 1 heterocycles. The molecule has 2 rings (SSSR count). The van der Waals surface area contributed by atoms with Crippen LogP contribution in [0.1, 0.15) is 5.69 Å². The minimum atomic E-state index is -0.339. The Balaban J connectivity index is 2.54. The first kappa shape index (κ1) is 10.6. The maximum absolute atomic E-state index is 13.6. The number of nitrogens with two attached hydrogens (primary N) is 1. The zero-order valence-corrected chi connectivity index (χ0v) is 8.85. The molecule has 0 radical (unpaired) electrons. The SMILES string of the molecule is COc1ccc(F)c(-n2cncc2CN)c1. The highest BCUT2D eigenvalue weighted by atomic mass is 19.1. The van der Waals surface area contributed by atoms with Crippen molar-refractivity contribution in [2.75, 3.05) is 7.11 Å². The van der Waals surface area contributed by atoms with Crippen molar-refractivity contribution in [1.82, 2.24) is 9.55 Å². The van der Waals surface area contributed by atoms with E-state index in [2.05, 4.69) is 4.98 Å². The van der Waals surface area contributed by atoms with Crippen LogP contribution in [0.25, 0.3) is 5.69 Å². The second-order valence-corrected chi connectivity index (χ2v) is 3.28. The van der Waals surface area contributed by atoms with E-state index >= 15 is 0 Å². The molecule has 0 saturated carbocycles. The number of nitrogens with zero attached hydrogens (tertiary/aromatic N) is 2. The summed E-state index contributed by atoms with van der Waals surface area (Å²) >= 11 is 0. The van der Waals surface area contributed by atoms with Crippen LogP contribution in [-0.4, -0.2) is 16.7 Å². The summed E-state index contributed by atoms with van der Waals surface area (Å²) in [5.41, 5.74) is 6.67. The molecule has 0 atom stereocenters. The first-order valence-electron chi connectivity index (χ1n) is 4.81. The van der Waals surface area contributed by atoms with Crippen molar-refractivity contribution in [3.63, 3.8) is 0 Å². The average molecular weight is 221 g/mol. The molecule has 0 unspecified atom stereocenters. The van der Waals surface area contributed by atoms with E-state index in [9.17, 15) is 4.39 Å². The molecule has 0 bridgehead atoms. The quantitative estimate of drug-likeness (QED) is 0.854. The van der Waals surface area contributed by atoms with Crippen LogP contribution in [0.5, 0.6) is 5.75 Å². The topological polar surface area (TPSA) is 53.1 Å². The Hall–Kier alpha value is -1.88. The van der Waals surface area contributed by atoms with Gasteiger partial charge >= 0.3 is 0 Å². The Bertz CT molecular complexity index is 496. The molecule has 0 aliphatic heterocycles. The van der Waals surface area contributed by atoms with Gasteiger partial charge in [-0.1, -0.05) is 0 Å². The van der Waals surface area contributed by atoms with Gasteiger partial charge in [0.05, 0.1) is 24.8 Å². The molecule has 84 valence electrons. The van der Waals surface area contributed by atoms with Crippen LogP contribution in [0.4, 0.5) is 4.39 Å². The van der Waals surface area contributed by atoms with Crippen molar-refractivity contribution in [2.45, 2.75) is 6.54 Å². The minimum Gasteiger partial charge on any atom is -0.497 e. The fraction of sp³-hybridized carbons (Fsp3) is 0.182. The number of imidazole rings is 1. The highest BCUT2D eigenvalue weighted by molar-refractivity contribution is 5.41. The van der Waals surface area contributed by atoms with Crippen molar-refractivity contribution in [3.8, 4) is 11.4 Å². The van der Waals surface area contributed by atoms with Gasteiger partial charge < -0.3 is 10.5 Å². The number of aromatic nitrogens is 2. The monoisotopic (exact) mass is 221 g/mol. The van der Waals surface area contributed by atoms with Gasteiger partial charge in [0.15, 0.2) is 0 Å². The number of hydrogen-bond donors (Lipinski definition) is 1. The van der Waals surface area contributed by atoms with Gasteiger partial charge in [-0.05, 0) is 12.1 Å². The number of methoxy groups -OCH3 is 1. The van der Waals surface area contributed by atoms with Crippen molar-refractivity contribution < 1.29 is 9.13 Å². The molecule has 0 fully saturated rings. The van der Waals surface area contributed by atoms with Gasteiger partial charge in [-0.25, -0.2) is 9.37 Å². The Morgan fingerprint density at radius 2 is 2.31 bits per heavy atom. The molecule has 0 aliphatic rings. The maximum atomic E-state index is 13.6. The molecule has 0 amide bonds. The molecule has 2 N–H and O–H groups in total. The summed E-state index contributed by atoms with van der Waals surface area (Å²) in [7, 11) is 1.54. The number of rotatable bonds is 3. The molecule has 0 aliphatic carbocycles. The van der Waals surface area contributed by atoms with Crippen LogP contribution in [0.2, 0.25) is 0 Å². The zero-order valence-electron chi connectivity index (χ0n) is 8.85. The summed E-state index contributed by atoms with van der Waals surface area (Å²) in [5, 5.41) is 0. The molecule has 0 saturated heterocycles. The van der Waals surface area contributed by atoms with Gasteiger partial charge in [0.1, 0.15) is 11.6 Å². The van der Waals surface area contributed by atoms with E-state index in [-0.39, 0.29) is 5.82 Å². The van der Waals surface area contributed by atoms with Crippen molar-refractivity contribution in [2.24, 2.45) is 5.73 Å². The third-order valence-corrected chi connectivity index (χ3v) is 2.34. The van der Waals surface area contributed by atoms with E-state index in [4.69, 9.17) is 10.5 Å². The van der Waals surface area contributed by atoms with Gasteiger partial charge in [0, 0.05) is 18.8 Å². The molecule has 4 nitrogen and oxygen atoms in total. The predicted octanol–water partition coefficient (Wildman–Crippen LogP) is 1.48. The molecule has 0 spiro atoms. The first-order chi connectivity index (χ1) is 7.76. The first-order valence-corrected chi connectivity index (χ1v) is 4.81. The molecular weight excluding hydrogens is 209 g/mol. The molecule has 16 heavy (non-hydrogen) atoms. The highest BCUT2D eigenvalue weighted by Crippen LogP contribution is 2.21. The highest BCUT2D eigenvalue weighted by Gasteiger charge is 2.09. The van der Waals surface area contributed by atoms with E-state index < -0.39 is 0 Å². The normalized spacial score (nSPS) is 10.4. The molecule has 5 heteroatoms. The smallest absolute Gasteiger partial charge is 0.147 e. The number of halogens is 1. The van der Waals surface area contributed by atoms with Crippen LogP contribution >= 0.6 is 0 Å². The van der Waals surface area contributed by atoms with E-state index in [1.54, 1.807) is 22.9 Å². The summed E-state index contributed by atoms with van der Waals surface area (Å²) in [6.45, 7) is 0.302. The van der Waals surface area contributed by atoms with Crippen LogP contribution in [0, 0.1) is 5.82 Å². The minimum absolute atomic E-state index is 0.302. The average Bonchev–Trinajstić information content (AvgIpc) is 2.77. The van der Waals surface area contributed by atoms with Crippen molar-refractivity contribution in [3.05, 3.63) is 42.2 Å². The molecular formula is C11H12FN3O. The predicted molar refractivity (Wildman–Crippen MR) is 58.0 cm³/mol. The van der Waals surface area contributed by atoms with Gasteiger partial charge in [0.25, 0.3) is 0 Å². The van der Waals surface area contributed by atoms with Crippen molar-refractivity contribution in [1.29, 1.82) is 0 Å². The maximum Gasteiger partial charge on any atom is 0.147 e. The fourth-order valence-electron chi connectivity index (χ4n) is 1.49. The number of hydrogen-bond acceptors (Lipinski definition) is 3. The van der Waals surface area contributed by atoms with E-state index in [0.717, 1.165) is 5.69 Å². The zero-order chi connectivity index (χ0) is 11.5. The van der Waals surface area contributed by atoms with Gasteiger partial charge in [-0.3, -0.25) is 4.57 Å². The van der Waals surface area contributed by atoms with Crippen molar-refractivity contribution >= 4 is 0 Å². The van der Waals surface area contributed by atoms with Crippen LogP contribution in [-0.2, 0) is 6.54 Å². The summed E-state index contributed by atoms with van der Waals surface area (Å²) in [6, 6.07) is 4.53. The van der Waals surface area contributed by atoms with Crippen LogP contribution in [0.15, 0.2) is 30.7 Å². The molecule has 1 aromatic heterocycles. The van der Waals surface area contributed by atoms with E-state index in [1.807, 2.05) is 0 Å². The number of benzene rings is 1. The van der Waals surface area contributed by atoms with Gasteiger partial charge in [0.2, 0.25) is 0 Å². The summed E-state index contributed by atoms with van der Waals surface area (Å²) in [6.07, 6.45) is 3.14. The summed E-state index contributed by atoms with van der Waals surface area (Å²) in [5.74, 6) is 0.251. The summed E-state index contributed by atoms with van der Waals surface area (Å²) < 4.78 is 20.3. The standard InChI is InChI=1S/C11H12FN3O/c1-16-9-2-3-10(12)11(4-9)15-7-14-6-8(15)5-13/h2-4,6-7H,5,13H2,1H3. The van der Waals surface area contributed by atoms with E-state index in [1.165, 1.54) is 19.5 Å². The second-order valence-electron chi connectivity index (χ2n) is 3.28. The van der Waals surface area contributed by atoms with Crippen LogP contribution in [0.3, 0.4) is 0 Å². The third-order valence-electron chi connectivity index (χ3n) is 2.34. The lowest BCUT2D eigenvalue weighted by atomic mass is 10.2. The largest absolute Gasteiger partial charge is 0.497 e. The van der Waals surface area contributed by atoms with Gasteiger partial charge in [-0.2, -0.15) is 0 Å². The Kier molecular flexibility index (Phi) is 2.87.